The third kappa shape index (κ3) is 4.06. The van der Waals surface area contributed by atoms with E-state index in [0.717, 1.165) is 28.2 Å². The molecule has 1 N–H and O–H groups in total. The summed E-state index contributed by atoms with van der Waals surface area (Å²) in [4.78, 5) is 0. The van der Waals surface area contributed by atoms with Crippen LogP contribution in [-0.2, 0) is 4.74 Å². The second-order valence-corrected chi connectivity index (χ2v) is 4.70. The molecule has 16 heavy (non-hydrogen) atoms. The van der Waals surface area contributed by atoms with E-state index in [1.54, 1.807) is 0 Å². The van der Waals surface area contributed by atoms with Gasteiger partial charge in [0.15, 0.2) is 0 Å². The molecule has 0 fully saturated rings. The highest BCUT2D eigenvalue weighted by molar-refractivity contribution is 9.10. The number of hydrogen-bond donors (Lipinski definition) is 1. The lowest BCUT2D eigenvalue weighted by molar-refractivity contribution is 0.123. The minimum absolute atomic E-state index is 0.204. The Morgan fingerprint density at radius 3 is 2.75 bits per heavy atom. The molecule has 0 spiro atoms. The molecule has 1 unspecified atom stereocenters. The first-order valence-corrected chi connectivity index (χ1v) is 6.62. The number of benzene rings is 1. The molecule has 0 bridgehead atoms. The van der Waals surface area contributed by atoms with E-state index in [4.69, 9.17) is 16.3 Å². The van der Waals surface area contributed by atoms with Gasteiger partial charge < -0.3 is 10.1 Å². The summed E-state index contributed by atoms with van der Waals surface area (Å²) in [5, 5.41) is 4.11. The van der Waals surface area contributed by atoms with E-state index in [1.807, 2.05) is 19.1 Å². The van der Waals surface area contributed by atoms with Crippen LogP contribution in [0, 0.1) is 0 Å². The largest absolute Gasteiger partial charge is 0.380 e. The smallest absolute Gasteiger partial charge is 0.0661 e. The van der Waals surface area contributed by atoms with Crippen LogP contribution in [0.5, 0.6) is 0 Å². The zero-order valence-corrected chi connectivity index (χ0v) is 11.9. The van der Waals surface area contributed by atoms with Crippen molar-refractivity contribution in [3.05, 3.63) is 33.3 Å². The number of nitrogens with one attached hydrogen (secondary N) is 1. The Balaban J connectivity index is 2.78. The van der Waals surface area contributed by atoms with Gasteiger partial charge in [0.05, 0.1) is 17.7 Å². The molecule has 1 rings (SSSR count). The van der Waals surface area contributed by atoms with E-state index >= 15 is 0 Å². The van der Waals surface area contributed by atoms with E-state index in [-0.39, 0.29) is 6.04 Å². The number of ether oxygens (including phenoxy) is 1. The highest BCUT2D eigenvalue weighted by Gasteiger charge is 2.11. The van der Waals surface area contributed by atoms with Gasteiger partial charge in [-0.15, -0.1) is 0 Å². The summed E-state index contributed by atoms with van der Waals surface area (Å²) in [6.45, 7) is 6.39. The molecule has 0 saturated heterocycles. The first-order chi connectivity index (χ1) is 7.69. The molecule has 90 valence electrons. The molecule has 4 heteroatoms. The highest BCUT2D eigenvalue weighted by Crippen LogP contribution is 2.26. The summed E-state index contributed by atoms with van der Waals surface area (Å²) in [6.07, 6.45) is 0. The van der Waals surface area contributed by atoms with Gasteiger partial charge in [-0.1, -0.05) is 24.6 Å². The van der Waals surface area contributed by atoms with Crippen molar-refractivity contribution >= 4 is 27.5 Å². The molecule has 0 aliphatic rings. The molecule has 0 aliphatic carbocycles. The summed E-state index contributed by atoms with van der Waals surface area (Å²) in [5.41, 5.74) is 1.16. The summed E-state index contributed by atoms with van der Waals surface area (Å²) >= 11 is 9.46. The van der Waals surface area contributed by atoms with Gasteiger partial charge in [0.25, 0.3) is 0 Å². The number of rotatable bonds is 6. The van der Waals surface area contributed by atoms with Gasteiger partial charge in [-0.2, -0.15) is 0 Å². The van der Waals surface area contributed by atoms with Crippen molar-refractivity contribution in [3.63, 3.8) is 0 Å². The fraction of sp³-hybridized carbons (Fsp3) is 0.500. The third-order valence-electron chi connectivity index (χ3n) is 2.29. The molecule has 2 nitrogen and oxygen atoms in total. The Kier molecular flexibility index (Phi) is 6.36. The number of halogens is 2. The zero-order valence-electron chi connectivity index (χ0n) is 9.59. The Morgan fingerprint density at radius 2 is 2.19 bits per heavy atom. The van der Waals surface area contributed by atoms with Crippen LogP contribution in [0.3, 0.4) is 0 Å². The monoisotopic (exact) mass is 305 g/mol. The first kappa shape index (κ1) is 14.0. The SMILES string of the molecule is CCNC(COCC)c1ccc(Br)c(Cl)c1. The number of hydrogen-bond acceptors (Lipinski definition) is 2. The van der Waals surface area contributed by atoms with Crippen molar-refractivity contribution in [2.75, 3.05) is 19.8 Å². The van der Waals surface area contributed by atoms with Gasteiger partial charge in [0, 0.05) is 11.1 Å². The molecule has 0 radical (unpaired) electrons. The van der Waals surface area contributed by atoms with Crippen LogP contribution in [0.15, 0.2) is 22.7 Å². The van der Waals surface area contributed by atoms with Crippen molar-refractivity contribution in [2.45, 2.75) is 19.9 Å². The Morgan fingerprint density at radius 1 is 1.44 bits per heavy atom. The van der Waals surface area contributed by atoms with Crippen molar-refractivity contribution in [1.82, 2.24) is 5.32 Å². The molecule has 0 amide bonds. The lowest BCUT2D eigenvalue weighted by Crippen LogP contribution is -2.25. The van der Waals surface area contributed by atoms with Crippen LogP contribution in [0.1, 0.15) is 25.5 Å². The molecule has 0 aromatic heterocycles. The zero-order chi connectivity index (χ0) is 12.0. The van der Waals surface area contributed by atoms with Crippen molar-refractivity contribution in [1.29, 1.82) is 0 Å². The minimum Gasteiger partial charge on any atom is -0.380 e. The summed E-state index contributed by atoms with van der Waals surface area (Å²) < 4.78 is 6.38. The van der Waals surface area contributed by atoms with Crippen LogP contribution in [-0.4, -0.2) is 19.8 Å². The highest BCUT2D eigenvalue weighted by atomic mass is 79.9. The Hall–Kier alpha value is -0.0900. The van der Waals surface area contributed by atoms with Crippen LogP contribution in [0.2, 0.25) is 5.02 Å². The second kappa shape index (κ2) is 7.28. The standard InChI is InChI=1S/C12H17BrClNO/c1-3-15-12(8-16-4-2)9-5-6-10(13)11(14)7-9/h5-7,12,15H,3-4,8H2,1-2H3. The predicted molar refractivity (Wildman–Crippen MR) is 72.1 cm³/mol. The molecule has 0 aliphatic heterocycles. The summed E-state index contributed by atoms with van der Waals surface area (Å²) in [7, 11) is 0. The molecule has 1 aromatic carbocycles. The van der Waals surface area contributed by atoms with Crippen molar-refractivity contribution in [3.8, 4) is 0 Å². The molecule has 0 saturated carbocycles. The molecule has 1 atom stereocenters. The van der Waals surface area contributed by atoms with Crippen LogP contribution in [0.4, 0.5) is 0 Å². The van der Waals surface area contributed by atoms with Gasteiger partial charge in [-0.05, 0) is 47.1 Å². The maximum Gasteiger partial charge on any atom is 0.0661 e. The lowest BCUT2D eigenvalue weighted by atomic mass is 10.1. The third-order valence-corrected chi connectivity index (χ3v) is 3.52. The summed E-state index contributed by atoms with van der Waals surface area (Å²) in [6, 6.07) is 6.20. The molecular formula is C12H17BrClNO. The van der Waals surface area contributed by atoms with Gasteiger partial charge >= 0.3 is 0 Å². The number of likely N-dealkylation sites (N-methyl/N-ethyl adjacent to an activating group) is 1. The van der Waals surface area contributed by atoms with Crippen LogP contribution < -0.4 is 5.32 Å². The normalized spacial score (nSPS) is 12.8. The van der Waals surface area contributed by atoms with Gasteiger partial charge in [-0.25, -0.2) is 0 Å². The Bertz CT molecular complexity index is 333. The molecular weight excluding hydrogens is 289 g/mol. The summed E-state index contributed by atoms with van der Waals surface area (Å²) in [5.74, 6) is 0. The maximum atomic E-state index is 6.08. The van der Waals surface area contributed by atoms with Crippen molar-refractivity contribution < 1.29 is 4.74 Å². The molecule has 0 heterocycles. The van der Waals surface area contributed by atoms with E-state index < -0.39 is 0 Å². The van der Waals surface area contributed by atoms with Crippen LogP contribution in [0.25, 0.3) is 0 Å². The van der Waals surface area contributed by atoms with Gasteiger partial charge in [-0.3, -0.25) is 0 Å². The first-order valence-electron chi connectivity index (χ1n) is 5.45. The van der Waals surface area contributed by atoms with E-state index in [1.165, 1.54) is 0 Å². The topological polar surface area (TPSA) is 21.3 Å². The van der Waals surface area contributed by atoms with E-state index in [2.05, 4.69) is 34.2 Å². The predicted octanol–water partition coefficient (Wildman–Crippen LogP) is 3.79. The molecule has 1 aromatic rings. The quantitative estimate of drug-likeness (QED) is 0.863. The van der Waals surface area contributed by atoms with Crippen LogP contribution >= 0.6 is 27.5 Å². The van der Waals surface area contributed by atoms with Gasteiger partial charge in [0.1, 0.15) is 0 Å². The van der Waals surface area contributed by atoms with E-state index in [0.29, 0.717) is 6.61 Å². The lowest BCUT2D eigenvalue weighted by Gasteiger charge is -2.18. The average Bonchev–Trinajstić information content (AvgIpc) is 2.28. The van der Waals surface area contributed by atoms with E-state index in [9.17, 15) is 0 Å². The second-order valence-electron chi connectivity index (χ2n) is 3.44. The maximum absolute atomic E-state index is 6.08. The van der Waals surface area contributed by atoms with Crippen molar-refractivity contribution in [2.24, 2.45) is 0 Å². The fourth-order valence-corrected chi connectivity index (χ4v) is 1.92. The Labute approximate surface area is 110 Å². The fourth-order valence-electron chi connectivity index (χ4n) is 1.48. The van der Waals surface area contributed by atoms with Gasteiger partial charge in [0.2, 0.25) is 0 Å². The minimum atomic E-state index is 0.204. The average molecular weight is 307 g/mol.